The number of esters is 1. The van der Waals surface area contributed by atoms with E-state index in [1.54, 1.807) is 13.0 Å². The molecule has 0 aromatic heterocycles. The molecule has 0 amide bonds. The number of ether oxygens (including phenoxy) is 1. The van der Waals surface area contributed by atoms with E-state index in [0.717, 1.165) is 12.2 Å². The van der Waals surface area contributed by atoms with Crippen LogP contribution < -0.4 is 0 Å². The number of rotatable bonds is 3. The van der Waals surface area contributed by atoms with Gasteiger partial charge in [-0.05, 0) is 18.8 Å². The largest absolute Gasteiger partial charge is 0.459 e. The first-order valence-corrected chi connectivity index (χ1v) is 8.16. The Hall–Kier alpha value is -1.58. The highest BCUT2D eigenvalue weighted by Gasteiger charge is 2.40. The molecule has 4 unspecified atom stereocenters. The molecule has 3 nitrogen and oxygen atoms in total. The fourth-order valence-electron chi connectivity index (χ4n) is 3.42. The lowest BCUT2D eigenvalue weighted by Crippen LogP contribution is -2.39. The molecule has 0 bridgehead atoms. The van der Waals surface area contributed by atoms with E-state index < -0.39 is 48.6 Å². The number of halogens is 4. The zero-order chi connectivity index (χ0) is 17.9. The molecule has 134 valence electrons. The van der Waals surface area contributed by atoms with E-state index in [0.29, 0.717) is 0 Å². The van der Waals surface area contributed by atoms with Gasteiger partial charge in [0.05, 0.1) is 6.07 Å². The van der Waals surface area contributed by atoms with Crippen LogP contribution in [0.5, 0.6) is 0 Å². The number of hydrogen-bond acceptors (Lipinski definition) is 3. The predicted octanol–water partition coefficient (Wildman–Crippen LogP) is 3.79. The molecule has 0 heterocycles. The molecule has 0 radical (unpaired) electrons. The maximum atomic E-state index is 13.9. The van der Waals surface area contributed by atoms with Crippen LogP contribution in [-0.2, 0) is 9.53 Å². The van der Waals surface area contributed by atoms with Gasteiger partial charge in [-0.3, -0.25) is 0 Å². The highest BCUT2D eigenvalue weighted by Crippen LogP contribution is 2.34. The lowest BCUT2D eigenvalue weighted by Gasteiger charge is -2.31. The molecule has 4 atom stereocenters. The van der Waals surface area contributed by atoms with E-state index >= 15 is 0 Å². The molecular formula is C17H21F4NO2. The summed E-state index contributed by atoms with van der Waals surface area (Å²) >= 11 is 0. The number of hydrogen-bond donors (Lipinski definition) is 0. The molecule has 0 aromatic carbocycles. The monoisotopic (exact) mass is 347 g/mol. The fourth-order valence-corrected chi connectivity index (χ4v) is 3.42. The summed E-state index contributed by atoms with van der Waals surface area (Å²) in [6.07, 6.45) is -5.10. The Morgan fingerprint density at radius 1 is 1.04 bits per heavy atom. The Balaban J connectivity index is 1.88. The van der Waals surface area contributed by atoms with Crippen LogP contribution in [-0.4, -0.2) is 36.8 Å². The second kappa shape index (κ2) is 8.00. The smallest absolute Gasteiger partial charge is 0.330 e. The van der Waals surface area contributed by atoms with Crippen molar-refractivity contribution in [2.24, 2.45) is 17.8 Å². The van der Waals surface area contributed by atoms with Crippen LogP contribution in [0.4, 0.5) is 17.6 Å². The van der Waals surface area contributed by atoms with Crippen LogP contribution in [0.25, 0.3) is 0 Å². The third-order valence-electron chi connectivity index (χ3n) is 4.73. The molecule has 0 N–H and O–H groups in total. The molecule has 0 aliphatic heterocycles. The minimum Gasteiger partial charge on any atom is -0.459 e. The minimum atomic E-state index is -1.70. The van der Waals surface area contributed by atoms with E-state index in [2.05, 4.69) is 0 Å². The SMILES string of the molecule is CC1CC(F)C(C=CC(=O)OC2CC(F)C(C#N)C(F)C2)C(F)C1. The number of nitrogens with zero attached hydrogens (tertiary/aromatic N) is 1. The summed E-state index contributed by atoms with van der Waals surface area (Å²) in [5.41, 5.74) is 0. The lowest BCUT2D eigenvalue weighted by atomic mass is 9.80. The van der Waals surface area contributed by atoms with Crippen molar-refractivity contribution in [3.63, 3.8) is 0 Å². The average Bonchev–Trinajstić information content (AvgIpc) is 2.45. The molecule has 24 heavy (non-hydrogen) atoms. The van der Waals surface area contributed by atoms with Crippen LogP contribution >= 0.6 is 0 Å². The van der Waals surface area contributed by atoms with Crippen molar-refractivity contribution in [3.05, 3.63) is 12.2 Å². The van der Waals surface area contributed by atoms with Gasteiger partial charge in [-0.15, -0.1) is 0 Å². The van der Waals surface area contributed by atoms with Gasteiger partial charge in [0.2, 0.25) is 0 Å². The van der Waals surface area contributed by atoms with E-state index in [1.807, 2.05) is 0 Å². The topological polar surface area (TPSA) is 50.1 Å². The summed E-state index contributed by atoms with van der Waals surface area (Å²) in [6.45, 7) is 1.77. The maximum Gasteiger partial charge on any atom is 0.330 e. The standard InChI is InChI=1S/C17H21F4NO2/c1-9-4-13(18)11(14(19)5-9)2-3-17(23)24-10-6-15(20)12(8-22)16(21)7-10/h2-3,9-16H,4-7H2,1H3. The van der Waals surface area contributed by atoms with Crippen LogP contribution in [0.15, 0.2) is 12.2 Å². The Labute approximate surface area is 138 Å². The van der Waals surface area contributed by atoms with Gasteiger partial charge in [0.25, 0.3) is 0 Å². The summed E-state index contributed by atoms with van der Waals surface area (Å²) in [5, 5.41) is 8.68. The Bertz CT molecular complexity index is 497. The number of carbonyl (C=O) groups excluding carboxylic acids is 1. The molecule has 0 saturated heterocycles. The molecule has 2 rings (SSSR count). The first-order valence-electron chi connectivity index (χ1n) is 8.16. The van der Waals surface area contributed by atoms with Crippen LogP contribution in [0.2, 0.25) is 0 Å². The highest BCUT2D eigenvalue weighted by atomic mass is 19.2. The quantitative estimate of drug-likeness (QED) is 0.443. The predicted molar refractivity (Wildman–Crippen MR) is 78.8 cm³/mol. The van der Waals surface area contributed by atoms with E-state index in [-0.39, 0.29) is 31.6 Å². The summed E-state index contributed by atoms with van der Waals surface area (Å²) in [6, 6.07) is 1.57. The van der Waals surface area contributed by atoms with E-state index in [4.69, 9.17) is 10.00 Å². The average molecular weight is 347 g/mol. The Morgan fingerprint density at radius 2 is 1.58 bits per heavy atom. The van der Waals surface area contributed by atoms with Crippen molar-refractivity contribution in [2.75, 3.05) is 0 Å². The molecule has 2 aliphatic carbocycles. The minimum absolute atomic E-state index is 0.0510. The number of alkyl halides is 4. The summed E-state index contributed by atoms with van der Waals surface area (Å²) < 4.78 is 60.0. The zero-order valence-electron chi connectivity index (χ0n) is 13.4. The van der Waals surface area contributed by atoms with Crippen molar-refractivity contribution < 1.29 is 27.1 Å². The van der Waals surface area contributed by atoms with Gasteiger partial charge in [0.1, 0.15) is 36.7 Å². The van der Waals surface area contributed by atoms with Gasteiger partial charge in [-0.2, -0.15) is 5.26 Å². The Morgan fingerprint density at radius 3 is 2.08 bits per heavy atom. The first-order chi connectivity index (χ1) is 11.3. The first kappa shape index (κ1) is 18.8. The van der Waals surface area contributed by atoms with Crippen LogP contribution in [0.3, 0.4) is 0 Å². The second-order valence-corrected chi connectivity index (χ2v) is 6.76. The van der Waals surface area contributed by atoms with Crippen LogP contribution in [0.1, 0.15) is 32.6 Å². The van der Waals surface area contributed by atoms with Crippen molar-refractivity contribution in [1.82, 2.24) is 0 Å². The second-order valence-electron chi connectivity index (χ2n) is 6.76. The van der Waals surface area contributed by atoms with E-state index in [1.165, 1.54) is 0 Å². The summed E-state index contributed by atoms with van der Waals surface area (Å²) in [7, 11) is 0. The van der Waals surface area contributed by atoms with Crippen molar-refractivity contribution in [2.45, 2.75) is 63.4 Å². The third-order valence-corrected chi connectivity index (χ3v) is 4.73. The molecule has 7 heteroatoms. The lowest BCUT2D eigenvalue weighted by molar-refractivity contribution is -0.147. The van der Waals surface area contributed by atoms with Gasteiger partial charge in [-0.25, -0.2) is 22.4 Å². The molecule has 2 aliphatic rings. The maximum absolute atomic E-state index is 13.9. The van der Waals surface area contributed by atoms with E-state index in [9.17, 15) is 22.4 Å². The fraction of sp³-hybridized carbons (Fsp3) is 0.765. The Kier molecular flexibility index (Phi) is 6.25. The van der Waals surface area contributed by atoms with Crippen molar-refractivity contribution in [3.8, 4) is 6.07 Å². The summed E-state index contributed by atoms with van der Waals surface area (Å²) in [4.78, 5) is 11.7. The van der Waals surface area contributed by atoms with Gasteiger partial charge in [0, 0.05) is 24.8 Å². The van der Waals surface area contributed by atoms with Gasteiger partial charge in [-0.1, -0.05) is 13.0 Å². The molecule has 2 saturated carbocycles. The van der Waals surface area contributed by atoms with Crippen LogP contribution in [0, 0.1) is 29.1 Å². The zero-order valence-corrected chi connectivity index (χ0v) is 13.4. The molecular weight excluding hydrogens is 326 g/mol. The molecule has 0 spiro atoms. The van der Waals surface area contributed by atoms with Gasteiger partial charge in [0.15, 0.2) is 0 Å². The van der Waals surface area contributed by atoms with Crippen molar-refractivity contribution in [1.29, 1.82) is 5.26 Å². The highest BCUT2D eigenvalue weighted by molar-refractivity contribution is 5.82. The van der Waals surface area contributed by atoms with Crippen molar-refractivity contribution >= 4 is 5.97 Å². The van der Waals surface area contributed by atoms with Gasteiger partial charge < -0.3 is 4.74 Å². The number of carbonyl (C=O) groups is 1. The number of nitriles is 1. The summed E-state index contributed by atoms with van der Waals surface area (Å²) in [5.74, 6) is -3.29. The van der Waals surface area contributed by atoms with Gasteiger partial charge >= 0.3 is 5.97 Å². The number of allylic oxidation sites excluding steroid dienone is 1. The normalized spacial score (nSPS) is 43.3. The third kappa shape index (κ3) is 4.49. The molecule has 2 fully saturated rings. The molecule has 0 aromatic rings.